The molecule has 1 amide bonds. The van der Waals surface area contributed by atoms with E-state index in [1.807, 2.05) is 0 Å². The minimum Gasteiger partial charge on any atom is -0.462 e. The lowest BCUT2D eigenvalue weighted by Gasteiger charge is -2.13. The lowest BCUT2D eigenvalue weighted by atomic mass is 10.1. The van der Waals surface area contributed by atoms with Crippen molar-refractivity contribution in [3.63, 3.8) is 0 Å². The second kappa shape index (κ2) is 9.51. The SMILES string of the molecule is CCOC(=O)c1cnn(-c2cccc(NC(=O)Cc3ccc([N+](=O)[O-])cc3)c2)c1C(F)(F)F. The number of ether oxygens (including phenoxy) is 1. The summed E-state index contributed by atoms with van der Waals surface area (Å²) in [6.07, 6.45) is -4.22. The maximum absolute atomic E-state index is 13.7. The Kier molecular flexibility index (Phi) is 6.75. The molecular weight excluding hydrogens is 445 g/mol. The number of nitro benzene ring substituents is 1. The van der Waals surface area contributed by atoms with Crippen molar-refractivity contribution >= 4 is 23.3 Å². The zero-order chi connectivity index (χ0) is 24.2. The van der Waals surface area contributed by atoms with Gasteiger partial charge in [-0.15, -0.1) is 0 Å². The predicted octanol–water partition coefficient (Wildman–Crippen LogP) is 4.16. The lowest BCUT2D eigenvalue weighted by molar-refractivity contribution is -0.384. The topological polar surface area (TPSA) is 116 Å². The van der Waals surface area contributed by atoms with Crippen LogP contribution in [0.3, 0.4) is 0 Å². The number of halogens is 3. The van der Waals surface area contributed by atoms with Crippen LogP contribution in [-0.4, -0.2) is 33.2 Å². The van der Waals surface area contributed by atoms with Crippen LogP contribution in [0.2, 0.25) is 0 Å². The summed E-state index contributed by atoms with van der Waals surface area (Å²) in [6, 6.07) is 10.9. The highest BCUT2D eigenvalue weighted by molar-refractivity contribution is 5.93. The van der Waals surface area contributed by atoms with E-state index < -0.39 is 34.2 Å². The summed E-state index contributed by atoms with van der Waals surface area (Å²) in [5.74, 6) is -1.63. The van der Waals surface area contributed by atoms with Crippen molar-refractivity contribution < 1.29 is 32.4 Å². The number of anilines is 1. The van der Waals surface area contributed by atoms with Crippen molar-refractivity contribution in [1.29, 1.82) is 0 Å². The highest BCUT2D eigenvalue weighted by Crippen LogP contribution is 2.34. The van der Waals surface area contributed by atoms with Gasteiger partial charge in [-0.1, -0.05) is 18.2 Å². The van der Waals surface area contributed by atoms with Crippen LogP contribution in [0.1, 0.15) is 28.5 Å². The zero-order valence-corrected chi connectivity index (χ0v) is 17.1. The fourth-order valence-electron chi connectivity index (χ4n) is 3.02. The van der Waals surface area contributed by atoms with Crippen molar-refractivity contribution in [2.24, 2.45) is 0 Å². The molecule has 0 aliphatic rings. The number of hydrogen-bond acceptors (Lipinski definition) is 6. The Labute approximate surface area is 184 Å². The number of nitrogens with one attached hydrogen (secondary N) is 1. The molecule has 0 aliphatic heterocycles. The third-order valence-corrected chi connectivity index (χ3v) is 4.42. The van der Waals surface area contributed by atoms with E-state index in [1.54, 1.807) is 0 Å². The van der Waals surface area contributed by atoms with Gasteiger partial charge in [-0.3, -0.25) is 14.9 Å². The minimum absolute atomic E-state index is 0.0361. The third-order valence-electron chi connectivity index (χ3n) is 4.42. The van der Waals surface area contributed by atoms with E-state index in [-0.39, 0.29) is 30.1 Å². The number of carbonyl (C=O) groups is 2. The fraction of sp³-hybridized carbons (Fsp3) is 0.190. The van der Waals surface area contributed by atoms with Crippen LogP contribution >= 0.6 is 0 Å². The van der Waals surface area contributed by atoms with Crippen LogP contribution < -0.4 is 5.32 Å². The van der Waals surface area contributed by atoms with Gasteiger partial charge in [-0.05, 0) is 30.7 Å². The molecule has 0 atom stereocenters. The molecule has 9 nitrogen and oxygen atoms in total. The van der Waals surface area contributed by atoms with Crippen molar-refractivity contribution in [3.8, 4) is 5.69 Å². The average molecular weight is 462 g/mol. The largest absolute Gasteiger partial charge is 0.462 e. The van der Waals surface area contributed by atoms with Gasteiger partial charge in [-0.2, -0.15) is 18.3 Å². The quantitative estimate of drug-likeness (QED) is 0.320. The second-order valence-corrected chi connectivity index (χ2v) is 6.74. The molecule has 12 heteroatoms. The van der Waals surface area contributed by atoms with Crippen molar-refractivity contribution in [2.45, 2.75) is 19.5 Å². The molecule has 2 aromatic carbocycles. The predicted molar refractivity (Wildman–Crippen MR) is 110 cm³/mol. The summed E-state index contributed by atoms with van der Waals surface area (Å²) in [7, 11) is 0. The number of benzene rings is 2. The number of non-ortho nitro benzene ring substituents is 1. The van der Waals surface area contributed by atoms with E-state index in [2.05, 4.69) is 15.2 Å². The molecule has 172 valence electrons. The normalized spacial score (nSPS) is 11.2. The summed E-state index contributed by atoms with van der Waals surface area (Å²) in [6.45, 7) is 1.37. The van der Waals surface area contributed by atoms with Crippen molar-refractivity contribution in [3.05, 3.63) is 81.7 Å². The number of hydrogen-bond donors (Lipinski definition) is 1. The molecule has 0 aliphatic carbocycles. The van der Waals surface area contributed by atoms with Crippen LogP contribution in [0.25, 0.3) is 5.69 Å². The first kappa shape index (κ1) is 23.4. The molecule has 1 heterocycles. The Bertz CT molecular complexity index is 1190. The van der Waals surface area contributed by atoms with Gasteiger partial charge in [0.25, 0.3) is 5.69 Å². The van der Waals surface area contributed by atoms with E-state index in [0.717, 1.165) is 6.20 Å². The Morgan fingerprint density at radius 3 is 2.48 bits per heavy atom. The molecule has 1 N–H and O–H groups in total. The summed E-state index contributed by atoms with van der Waals surface area (Å²) in [5.41, 5.74) is -1.47. The molecule has 0 saturated carbocycles. The second-order valence-electron chi connectivity index (χ2n) is 6.74. The van der Waals surface area contributed by atoms with E-state index in [0.29, 0.717) is 10.2 Å². The number of carbonyl (C=O) groups excluding carboxylic acids is 2. The average Bonchev–Trinajstić information content (AvgIpc) is 3.20. The van der Waals surface area contributed by atoms with Gasteiger partial charge >= 0.3 is 12.1 Å². The van der Waals surface area contributed by atoms with E-state index in [1.165, 1.54) is 55.5 Å². The Morgan fingerprint density at radius 1 is 1.18 bits per heavy atom. The first-order chi connectivity index (χ1) is 15.6. The zero-order valence-electron chi connectivity index (χ0n) is 17.1. The molecule has 0 saturated heterocycles. The van der Waals surface area contributed by atoms with E-state index in [4.69, 9.17) is 0 Å². The van der Waals surface area contributed by atoms with E-state index >= 15 is 0 Å². The van der Waals surface area contributed by atoms with Gasteiger partial charge in [0.05, 0.1) is 29.8 Å². The highest BCUT2D eigenvalue weighted by Gasteiger charge is 2.41. The van der Waals surface area contributed by atoms with Crippen LogP contribution in [0.5, 0.6) is 0 Å². The van der Waals surface area contributed by atoms with Gasteiger partial charge < -0.3 is 10.1 Å². The van der Waals surface area contributed by atoms with Gasteiger partial charge in [0, 0.05) is 17.8 Å². The molecular formula is C21H17F3N4O5. The van der Waals surface area contributed by atoms with Crippen LogP contribution in [0.4, 0.5) is 24.5 Å². The van der Waals surface area contributed by atoms with Gasteiger partial charge in [0.15, 0.2) is 5.69 Å². The Balaban J connectivity index is 1.83. The number of nitro groups is 1. The van der Waals surface area contributed by atoms with Crippen LogP contribution in [-0.2, 0) is 22.1 Å². The number of aromatic nitrogens is 2. The molecule has 0 radical (unpaired) electrons. The van der Waals surface area contributed by atoms with Crippen LogP contribution in [0.15, 0.2) is 54.7 Å². The molecule has 0 bridgehead atoms. The summed E-state index contributed by atoms with van der Waals surface area (Å²) in [5, 5.41) is 17.0. The standard InChI is InChI=1S/C21H17F3N4O5/c1-2-33-20(30)17-12-25-27(19(17)21(22,23)24)16-5-3-4-14(11-16)26-18(29)10-13-6-8-15(9-7-13)28(31)32/h3-9,11-12H,2,10H2,1H3,(H,26,29). The summed E-state index contributed by atoms with van der Waals surface area (Å²) < 4.78 is 46.3. The van der Waals surface area contributed by atoms with Crippen molar-refractivity contribution in [1.82, 2.24) is 9.78 Å². The summed E-state index contributed by atoms with van der Waals surface area (Å²) >= 11 is 0. The highest BCUT2D eigenvalue weighted by atomic mass is 19.4. The van der Waals surface area contributed by atoms with Crippen LogP contribution in [0, 0.1) is 10.1 Å². The number of alkyl halides is 3. The van der Waals surface area contributed by atoms with Crippen molar-refractivity contribution in [2.75, 3.05) is 11.9 Å². The molecule has 1 aromatic heterocycles. The molecule has 0 spiro atoms. The van der Waals surface area contributed by atoms with Gasteiger partial charge in [0.2, 0.25) is 5.91 Å². The smallest absolute Gasteiger partial charge is 0.434 e. The number of amides is 1. The lowest BCUT2D eigenvalue weighted by Crippen LogP contribution is -2.19. The first-order valence-corrected chi connectivity index (χ1v) is 9.56. The molecule has 33 heavy (non-hydrogen) atoms. The number of rotatable bonds is 7. The Morgan fingerprint density at radius 2 is 1.88 bits per heavy atom. The Hall–Kier alpha value is -4.22. The minimum atomic E-state index is -4.90. The monoisotopic (exact) mass is 462 g/mol. The van der Waals surface area contributed by atoms with Gasteiger partial charge in [0.1, 0.15) is 5.56 Å². The first-order valence-electron chi connectivity index (χ1n) is 9.56. The summed E-state index contributed by atoms with van der Waals surface area (Å²) in [4.78, 5) is 34.4. The maximum atomic E-state index is 13.7. The number of nitrogens with zero attached hydrogens (tertiary/aromatic N) is 3. The fourth-order valence-corrected chi connectivity index (χ4v) is 3.02. The molecule has 3 rings (SSSR count). The van der Waals surface area contributed by atoms with E-state index in [9.17, 15) is 32.9 Å². The third kappa shape index (κ3) is 5.53. The van der Waals surface area contributed by atoms with Gasteiger partial charge in [-0.25, -0.2) is 9.48 Å². The molecule has 3 aromatic rings. The maximum Gasteiger partial charge on any atom is 0.434 e. The molecule has 0 unspecified atom stereocenters. The molecule has 0 fully saturated rings. The number of esters is 1.